The molecular formula is C25H32N4O4. The molecule has 1 fully saturated rings. The number of nitrogens with zero attached hydrogens (tertiary/aromatic N) is 4. The summed E-state index contributed by atoms with van der Waals surface area (Å²) in [5, 5.41) is 21.8. The molecule has 0 aromatic carbocycles. The predicted molar refractivity (Wildman–Crippen MR) is 125 cm³/mol. The minimum Gasteiger partial charge on any atom is -0.494 e. The Hall–Kier alpha value is -3.00. The fraction of sp³-hybridized carbons (Fsp3) is 0.520. The molecule has 2 bridgehead atoms. The van der Waals surface area contributed by atoms with Gasteiger partial charge in [-0.25, -0.2) is 4.98 Å². The van der Waals surface area contributed by atoms with Crippen LogP contribution in [0.25, 0.3) is 0 Å². The SMILES string of the molecule is CC(C)C(=O)OC(CN1CCN(c2ccccn2)CC1)Cn1c(O)c2c(c1O)C1C=CC2C1. The highest BCUT2D eigenvalue weighted by atomic mass is 16.5. The molecule has 2 N–H and O–H groups in total. The van der Waals surface area contributed by atoms with Crippen molar-refractivity contribution >= 4 is 11.8 Å². The van der Waals surface area contributed by atoms with Crippen LogP contribution in [0.1, 0.15) is 43.2 Å². The molecule has 176 valence electrons. The van der Waals surface area contributed by atoms with E-state index in [1.165, 1.54) is 4.57 Å². The molecule has 3 aliphatic rings. The molecule has 3 unspecified atom stereocenters. The summed E-state index contributed by atoms with van der Waals surface area (Å²) < 4.78 is 7.37. The quantitative estimate of drug-likeness (QED) is 0.493. The van der Waals surface area contributed by atoms with Crippen molar-refractivity contribution in [2.75, 3.05) is 37.6 Å². The van der Waals surface area contributed by atoms with Crippen LogP contribution < -0.4 is 4.90 Å². The highest BCUT2D eigenvalue weighted by molar-refractivity contribution is 5.71. The monoisotopic (exact) mass is 452 g/mol. The first-order chi connectivity index (χ1) is 15.9. The van der Waals surface area contributed by atoms with Crippen molar-refractivity contribution in [2.24, 2.45) is 5.92 Å². The molecule has 0 amide bonds. The van der Waals surface area contributed by atoms with Gasteiger partial charge in [0.25, 0.3) is 0 Å². The average Bonchev–Trinajstić information content (AvgIpc) is 3.50. The van der Waals surface area contributed by atoms with Crippen LogP contribution >= 0.6 is 0 Å². The van der Waals surface area contributed by atoms with E-state index in [2.05, 4.69) is 26.9 Å². The third-order valence-electron chi connectivity index (χ3n) is 7.06. The van der Waals surface area contributed by atoms with Crippen molar-refractivity contribution < 1.29 is 19.7 Å². The second kappa shape index (κ2) is 8.74. The number of pyridine rings is 1. The van der Waals surface area contributed by atoms with Crippen LogP contribution in [0.5, 0.6) is 11.8 Å². The fourth-order valence-corrected chi connectivity index (χ4v) is 5.29. The Kier molecular flexibility index (Phi) is 5.78. The van der Waals surface area contributed by atoms with E-state index >= 15 is 0 Å². The minimum atomic E-state index is -0.476. The molecule has 0 spiro atoms. The number of esters is 1. The van der Waals surface area contributed by atoms with E-state index in [1.54, 1.807) is 6.20 Å². The van der Waals surface area contributed by atoms with Crippen LogP contribution in [0, 0.1) is 5.92 Å². The zero-order valence-electron chi connectivity index (χ0n) is 19.2. The molecule has 0 saturated carbocycles. The number of hydrogen-bond acceptors (Lipinski definition) is 7. The molecule has 5 rings (SSSR count). The third-order valence-corrected chi connectivity index (χ3v) is 7.06. The van der Waals surface area contributed by atoms with E-state index in [1.807, 2.05) is 32.0 Å². The predicted octanol–water partition coefficient (Wildman–Crippen LogP) is 2.83. The maximum absolute atomic E-state index is 12.4. The minimum absolute atomic E-state index is 0.102. The Labute approximate surface area is 194 Å². The van der Waals surface area contributed by atoms with E-state index in [0.717, 1.165) is 49.5 Å². The van der Waals surface area contributed by atoms with Gasteiger partial charge in [0, 0.05) is 61.9 Å². The molecule has 0 radical (unpaired) electrons. The number of carbonyl (C=O) groups is 1. The Bertz CT molecular complexity index is 1000. The molecule has 1 aliphatic heterocycles. The van der Waals surface area contributed by atoms with E-state index in [4.69, 9.17) is 4.74 Å². The van der Waals surface area contributed by atoms with Gasteiger partial charge in [0.15, 0.2) is 11.8 Å². The Balaban J connectivity index is 1.29. The van der Waals surface area contributed by atoms with Crippen LogP contribution in [-0.2, 0) is 16.1 Å². The van der Waals surface area contributed by atoms with E-state index < -0.39 is 6.10 Å². The summed E-state index contributed by atoms with van der Waals surface area (Å²) in [4.78, 5) is 21.4. The Morgan fingerprint density at radius 1 is 1.06 bits per heavy atom. The summed E-state index contributed by atoms with van der Waals surface area (Å²) in [6, 6.07) is 5.92. The molecule has 3 heterocycles. The van der Waals surface area contributed by atoms with Gasteiger partial charge in [-0.1, -0.05) is 32.1 Å². The Morgan fingerprint density at radius 3 is 2.30 bits per heavy atom. The van der Waals surface area contributed by atoms with Gasteiger partial charge in [-0.3, -0.25) is 14.3 Å². The van der Waals surface area contributed by atoms with Crippen molar-refractivity contribution in [3.05, 3.63) is 47.7 Å². The summed E-state index contributed by atoms with van der Waals surface area (Å²) >= 11 is 0. The second-order valence-electron chi connectivity index (χ2n) is 9.61. The van der Waals surface area contributed by atoms with Gasteiger partial charge < -0.3 is 19.8 Å². The zero-order chi connectivity index (χ0) is 23.1. The van der Waals surface area contributed by atoms with E-state index in [-0.39, 0.29) is 42.0 Å². The molecule has 3 atom stereocenters. The van der Waals surface area contributed by atoms with Crippen LogP contribution in [0.4, 0.5) is 5.82 Å². The normalized spacial score (nSPS) is 22.7. The number of aromatic hydroxyl groups is 2. The lowest BCUT2D eigenvalue weighted by atomic mass is 10.0. The average molecular weight is 453 g/mol. The van der Waals surface area contributed by atoms with Gasteiger partial charge in [0.05, 0.1) is 12.5 Å². The lowest BCUT2D eigenvalue weighted by Gasteiger charge is -2.37. The highest BCUT2D eigenvalue weighted by Gasteiger charge is 2.41. The smallest absolute Gasteiger partial charge is 0.308 e. The number of piperazine rings is 1. The van der Waals surface area contributed by atoms with Gasteiger partial charge >= 0.3 is 5.97 Å². The van der Waals surface area contributed by atoms with Crippen molar-refractivity contribution in [2.45, 2.75) is 44.8 Å². The van der Waals surface area contributed by atoms with Gasteiger partial charge in [-0.15, -0.1) is 0 Å². The van der Waals surface area contributed by atoms with E-state index in [9.17, 15) is 15.0 Å². The zero-order valence-corrected chi connectivity index (χ0v) is 19.2. The standard InChI is InChI=1S/C25H32N4O4/c1-16(2)25(32)33-19(14-27-9-11-28(12-10-27)20-5-3-4-8-26-20)15-29-23(30)21-17-6-7-18(13-17)22(21)24(29)31/h3-8,16-19,30-31H,9-15H2,1-2H3. The van der Waals surface area contributed by atoms with Gasteiger partial charge in [0.1, 0.15) is 11.9 Å². The maximum atomic E-state index is 12.4. The lowest BCUT2D eigenvalue weighted by molar-refractivity contribution is -0.154. The molecule has 8 heteroatoms. The Morgan fingerprint density at radius 2 is 1.73 bits per heavy atom. The maximum Gasteiger partial charge on any atom is 0.308 e. The van der Waals surface area contributed by atoms with Gasteiger partial charge in [-0.2, -0.15) is 0 Å². The van der Waals surface area contributed by atoms with Crippen LogP contribution in [0.3, 0.4) is 0 Å². The van der Waals surface area contributed by atoms with Crippen molar-refractivity contribution in [1.29, 1.82) is 0 Å². The first-order valence-corrected chi connectivity index (χ1v) is 11.8. The molecule has 2 aromatic rings. The number of rotatable bonds is 7. The van der Waals surface area contributed by atoms with Crippen LogP contribution in [0.15, 0.2) is 36.5 Å². The summed E-state index contributed by atoms with van der Waals surface area (Å²) in [6.07, 6.45) is 6.45. The van der Waals surface area contributed by atoms with Crippen molar-refractivity contribution in [3.8, 4) is 11.8 Å². The summed E-state index contributed by atoms with van der Waals surface area (Å²) in [5.74, 6) is 0.981. The van der Waals surface area contributed by atoms with Crippen molar-refractivity contribution in [3.63, 3.8) is 0 Å². The van der Waals surface area contributed by atoms with Gasteiger partial charge in [-0.05, 0) is 18.6 Å². The molecule has 8 nitrogen and oxygen atoms in total. The largest absolute Gasteiger partial charge is 0.494 e. The second-order valence-corrected chi connectivity index (χ2v) is 9.61. The number of fused-ring (bicyclic) bond motifs is 5. The number of allylic oxidation sites excluding steroid dienone is 2. The summed E-state index contributed by atoms with van der Waals surface area (Å²) in [6.45, 7) is 7.71. The number of aromatic nitrogens is 2. The van der Waals surface area contributed by atoms with Gasteiger partial charge in [0.2, 0.25) is 0 Å². The molecule has 2 aliphatic carbocycles. The van der Waals surface area contributed by atoms with Crippen LogP contribution in [-0.4, -0.2) is 69.5 Å². The first-order valence-electron chi connectivity index (χ1n) is 11.8. The summed E-state index contributed by atoms with van der Waals surface area (Å²) in [5.41, 5.74) is 1.66. The highest BCUT2D eigenvalue weighted by Crippen LogP contribution is 2.56. The molecule has 2 aromatic heterocycles. The topological polar surface area (TPSA) is 91.1 Å². The van der Waals surface area contributed by atoms with Crippen molar-refractivity contribution in [1.82, 2.24) is 14.5 Å². The molecule has 33 heavy (non-hydrogen) atoms. The van der Waals surface area contributed by atoms with Crippen LogP contribution in [0.2, 0.25) is 0 Å². The fourth-order valence-electron chi connectivity index (χ4n) is 5.29. The number of hydrogen-bond donors (Lipinski definition) is 2. The first kappa shape index (κ1) is 21.8. The number of ether oxygens (including phenoxy) is 1. The number of anilines is 1. The third kappa shape index (κ3) is 4.08. The molecule has 1 saturated heterocycles. The van der Waals surface area contributed by atoms with E-state index in [0.29, 0.717) is 6.54 Å². The summed E-state index contributed by atoms with van der Waals surface area (Å²) in [7, 11) is 0. The number of carbonyl (C=O) groups excluding carboxylic acids is 1. The molecular weight excluding hydrogens is 420 g/mol. The lowest BCUT2D eigenvalue weighted by Crippen LogP contribution is -2.50.